The summed E-state index contributed by atoms with van der Waals surface area (Å²) in [5, 5.41) is 0. The normalized spacial score (nSPS) is 12.3. The molecule has 0 N–H and O–H groups in total. The van der Waals surface area contributed by atoms with Crippen LogP contribution in [0.2, 0.25) is 0 Å². The van der Waals surface area contributed by atoms with E-state index in [0.29, 0.717) is 19.3 Å². The fraction of sp³-hybridized carbons (Fsp3) is 0.855. The van der Waals surface area contributed by atoms with Gasteiger partial charge >= 0.3 is 17.9 Å². The average Bonchev–Trinajstić information content (AvgIpc) is 3.47. The van der Waals surface area contributed by atoms with Crippen molar-refractivity contribution in [1.29, 1.82) is 0 Å². The molecule has 0 aliphatic rings. The van der Waals surface area contributed by atoms with Crippen LogP contribution in [0.3, 0.4) is 0 Å². The first-order valence-corrected chi connectivity index (χ1v) is 36.6. The molecule has 1 atom stereocenters. The van der Waals surface area contributed by atoms with E-state index in [2.05, 4.69) is 69.4 Å². The third-order valence-electron chi connectivity index (χ3n) is 16.6. The molecule has 0 radical (unpaired) electrons. The Labute approximate surface area is 511 Å². The third-order valence-corrected chi connectivity index (χ3v) is 16.6. The molecule has 0 rings (SSSR count). The number of hydrogen-bond acceptors (Lipinski definition) is 6. The minimum atomic E-state index is -0.779. The second-order valence-corrected chi connectivity index (χ2v) is 24.8. The summed E-state index contributed by atoms with van der Waals surface area (Å²) in [7, 11) is 0. The molecule has 0 aliphatic heterocycles. The Balaban J connectivity index is 4.14. The van der Waals surface area contributed by atoms with Gasteiger partial charge in [0.15, 0.2) is 6.10 Å². The maximum atomic E-state index is 12.9. The van der Waals surface area contributed by atoms with Crippen LogP contribution in [0.4, 0.5) is 0 Å². The van der Waals surface area contributed by atoms with Gasteiger partial charge in [0, 0.05) is 19.3 Å². The van der Waals surface area contributed by atoms with Gasteiger partial charge in [-0.15, -0.1) is 0 Å². The number of hydrogen-bond donors (Lipinski definition) is 0. The van der Waals surface area contributed by atoms with Crippen molar-refractivity contribution >= 4 is 17.9 Å². The van der Waals surface area contributed by atoms with Gasteiger partial charge in [-0.2, -0.15) is 0 Å². The minimum Gasteiger partial charge on any atom is -0.462 e. The molecule has 0 aromatic carbocycles. The van der Waals surface area contributed by atoms with Crippen LogP contribution < -0.4 is 0 Å². The molecule has 0 aliphatic carbocycles. The van der Waals surface area contributed by atoms with Gasteiger partial charge in [0.25, 0.3) is 0 Å². The Morgan fingerprint density at radius 2 is 0.476 bits per heavy atom. The highest BCUT2D eigenvalue weighted by Gasteiger charge is 2.19. The SMILES string of the molecule is CC/C=C\C/C=C\C/C=C\C/C=C\CCCCCCCCC(=O)OC(COC(=O)CCCCCCCCCCCCCCC)COC(=O)CCCCCCCCCCCCCCCCCCCCCCCCCCCCCCCCCC. The summed E-state index contributed by atoms with van der Waals surface area (Å²) < 4.78 is 17.0. The summed E-state index contributed by atoms with van der Waals surface area (Å²) in [5.41, 5.74) is 0. The van der Waals surface area contributed by atoms with Crippen molar-refractivity contribution in [2.75, 3.05) is 13.2 Å². The first-order chi connectivity index (χ1) is 40.5. The van der Waals surface area contributed by atoms with Gasteiger partial charge in [-0.05, 0) is 57.8 Å². The smallest absolute Gasteiger partial charge is 0.306 e. The largest absolute Gasteiger partial charge is 0.462 e. The molecule has 6 nitrogen and oxygen atoms in total. The third kappa shape index (κ3) is 68.2. The lowest BCUT2D eigenvalue weighted by Crippen LogP contribution is -2.30. The van der Waals surface area contributed by atoms with E-state index in [0.717, 1.165) is 96.3 Å². The molecule has 0 aromatic rings. The summed E-state index contributed by atoms with van der Waals surface area (Å²) in [4.78, 5) is 38.4. The van der Waals surface area contributed by atoms with E-state index in [1.54, 1.807) is 0 Å². The molecule has 0 saturated carbocycles. The van der Waals surface area contributed by atoms with Gasteiger partial charge in [-0.3, -0.25) is 14.4 Å². The van der Waals surface area contributed by atoms with Gasteiger partial charge in [0.05, 0.1) is 0 Å². The molecule has 1 unspecified atom stereocenters. The van der Waals surface area contributed by atoms with E-state index in [4.69, 9.17) is 14.2 Å². The lowest BCUT2D eigenvalue weighted by molar-refractivity contribution is -0.167. The van der Waals surface area contributed by atoms with E-state index in [-0.39, 0.29) is 31.1 Å². The molecule has 0 saturated heterocycles. The summed E-state index contributed by atoms with van der Waals surface area (Å²) >= 11 is 0. The monoisotopic (exact) mass is 1150 g/mol. The molecular formula is C76H140O6. The van der Waals surface area contributed by atoms with E-state index in [9.17, 15) is 14.4 Å². The van der Waals surface area contributed by atoms with Crippen molar-refractivity contribution < 1.29 is 28.6 Å². The molecule has 480 valence electrons. The van der Waals surface area contributed by atoms with Crippen molar-refractivity contribution in [3.63, 3.8) is 0 Å². The number of ether oxygens (including phenoxy) is 3. The van der Waals surface area contributed by atoms with E-state index >= 15 is 0 Å². The van der Waals surface area contributed by atoms with Crippen LogP contribution in [0, 0.1) is 0 Å². The highest BCUT2D eigenvalue weighted by Crippen LogP contribution is 2.19. The Bertz CT molecular complexity index is 1410. The molecule has 0 heterocycles. The first-order valence-electron chi connectivity index (χ1n) is 36.6. The zero-order chi connectivity index (χ0) is 59.2. The van der Waals surface area contributed by atoms with Crippen molar-refractivity contribution in [3.8, 4) is 0 Å². The van der Waals surface area contributed by atoms with Gasteiger partial charge in [-0.1, -0.05) is 371 Å². The molecule has 0 spiro atoms. The molecular weight excluding hydrogens is 1010 g/mol. The number of esters is 3. The molecule has 0 bridgehead atoms. The number of allylic oxidation sites excluding steroid dienone is 8. The second kappa shape index (κ2) is 70.9. The van der Waals surface area contributed by atoms with Crippen LogP contribution in [-0.2, 0) is 28.6 Å². The van der Waals surface area contributed by atoms with Gasteiger partial charge < -0.3 is 14.2 Å². The quantitative estimate of drug-likeness (QED) is 0.0261. The van der Waals surface area contributed by atoms with E-state index < -0.39 is 6.10 Å². The van der Waals surface area contributed by atoms with Crippen LogP contribution in [0.25, 0.3) is 0 Å². The molecule has 82 heavy (non-hydrogen) atoms. The fourth-order valence-corrected chi connectivity index (χ4v) is 11.1. The summed E-state index contributed by atoms with van der Waals surface area (Å²) in [6, 6.07) is 0. The average molecular weight is 1150 g/mol. The van der Waals surface area contributed by atoms with Crippen molar-refractivity contribution in [2.45, 2.75) is 406 Å². The Kier molecular flexibility index (Phi) is 68.6. The minimum absolute atomic E-state index is 0.0739. The predicted molar refractivity (Wildman–Crippen MR) is 358 cm³/mol. The highest BCUT2D eigenvalue weighted by atomic mass is 16.6. The maximum absolute atomic E-state index is 12.9. The zero-order valence-electron chi connectivity index (χ0n) is 55.3. The van der Waals surface area contributed by atoms with Crippen LogP contribution in [0.15, 0.2) is 48.6 Å². The number of carbonyl (C=O) groups is 3. The molecule has 6 heteroatoms. The second-order valence-electron chi connectivity index (χ2n) is 24.8. The van der Waals surface area contributed by atoms with Crippen molar-refractivity contribution in [1.82, 2.24) is 0 Å². The van der Waals surface area contributed by atoms with Crippen molar-refractivity contribution in [3.05, 3.63) is 48.6 Å². The number of rotatable bonds is 68. The van der Waals surface area contributed by atoms with Gasteiger partial charge in [0.2, 0.25) is 0 Å². The van der Waals surface area contributed by atoms with Crippen LogP contribution in [0.5, 0.6) is 0 Å². The lowest BCUT2D eigenvalue weighted by atomic mass is 10.0. The van der Waals surface area contributed by atoms with Crippen LogP contribution >= 0.6 is 0 Å². The lowest BCUT2D eigenvalue weighted by Gasteiger charge is -2.18. The molecule has 0 aromatic heterocycles. The van der Waals surface area contributed by atoms with Gasteiger partial charge in [0.1, 0.15) is 13.2 Å². The summed E-state index contributed by atoms with van der Waals surface area (Å²) in [5.74, 6) is -0.861. The summed E-state index contributed by atoms with van der Waals surface area (Å²) in [6.07, 6.45) is 90.2. The zero-order valence-corrected chi connectivity index (χ0v) is 55.3. The van der Waals surface area contributed by atoms with E-state index in [1.165, 1.54) is 263 Å². The van der Waals surface area contributed by atoms with E-state index in [1.807, 2.05) is 0 Å². The highest BCUT2D eigenvalue weighted by molar-refractivity contribution is 5.71. The van der Waals surface area contributed by atoms with Gasteiger partial charge in [-0.25, -0.2) is 0 Å². The predicted octanol–water partition coefficient (Wildman–Crippen LogP) is 25.3. The number of carbonyl (C=O) groups excluding carboxylic acids is 3. The standard InChI is InChI=1S/C76H140O6/c1-4-7-10-13-16-19-22-25-27-29-31-32-33-34-35-36-37-38-39-40-41-42-43-45-46-48-51-54-57-60-63-66-69-75(78)81-72-73(71-80-74(77)68-65-62-59-56-53-50-24-21-18-15-12-9-6-3)82-76(79)70-67-64-61-58-55-52-49-47-44-30-28-26-23-20-17-14-11-8-5-2/h8,11,17,20,26,28,44,47,73H,4-7,9-10,12-16,18-19,21-25,27,29-43,45-46,48-72H2,1-3H3/b11-8-,20-17-,28-26-,47-44-. The summed E-state index contributed by atoms with van der Waals surface area (Å²) in [6.45, 7) is 6.59. The Hall–Kier alpha value is -2.63. The first kappa shape index (κ1) is 79.4. The Morgan fingerprint density at radius 1 is 0.256 bits per heavy atom. The Morgan fingerprint density at radius 3 is 0.744 bits per heavy atom. The fourth-order valence-electron chi connectivity index (χ4n) is 11.1. The van der Waals surface area contributed by atoms with Crippen molar-refractivity contribution in [2.24, 2.45) is 0 Å². The maximum Gasteiger partial charge on any atom is 0.306 e. The topological polar surface area (TPSA) is 78.9 Å². The van der Waals surface area contributed by atoms with Crippen LogP contribution in [-0.4, -0.2) is 37.2 Å². The number of unbranched alkanes of at least 4 members (excludes halogenated alkanes) is 49. The van der Waals surface area contributed by atoms with Crippen LogP contribution in [0.1, 0.15) is 400 Å². The molecule has 0 amide bonds. The molecule has 0 fully saturated rings.